The third-order valence-electron chi connectivity index (χ3n) is 2.85. The molecule has 2 heterocycles. The molecule has 6 heteroatoms. The Kier molecular flexibility index (Phi) is 3.43. The third kappa shape index (κ3) is 2.52. The lowest BCUT2D eigenvalue weighted by molar-refractivity contribution is 0.0845. The van der Waals surface area contributed by atoms with Gasteiger partial charge in [-0.15, -0.1) is 0 Å². The first-order chi connectivity index (χ1) is 7.66. The Morgan fingerprint density at radius 2 is 2.00 bits per heavy atom. The van der Waals surface area contributed by atoms with E-state index >= 15 is 0 Å². The average molecular weight is 223 g/mol. The van der Waals surface area contributed by atoms with Crippen molar-refractivity contribution in [2.24, 2.45) is 0 Å². The first-order valence-electron chi connectivity index (χ1n) is 5.35. The summed E-state index contributed by atoms with van der Waals surface area (Å²) in [7, 11) is -1.60. The monoisotopic (exact) mass is 223 g/mol. The van der Waals surface area contributed by atoms with E-state index in [2.05, 4.69) is 4.98 Å². The van der Waals surface area contributed by atoms with Crippen LogP contribution in [0.15, 0.2) is 16.9 Å². The molecule has 0 aromatic carbocycles. The van der Waals surface area contributed by atoms with Crippen LogP contribution in [0.4, 0.5) is 0 Å². The molecule has 3 N–H and O–H groups in total. The molecular weight excluding hydrogens is 209 g/mol. The first-order valence-corrected chi connectivity index (χ1v) is 5.35. The van der Waals surface area contributed by atoms with Crippen LogP contribution in [0, 0.1) is 0 Å². The number of hydrogen-bond donors (Lipinski definition) is 3. The molecule has 1 aromatic heterocycles. The molecular formula is C10H14BNO4. The molecule has 1 saturated heterocycles. The molecule has 0 unspecified atom stereocenters. The molecule has 1 fully saturated rings. The van der Waals surface area contributed by atoms with E-state index in [0.29, 0.717) is 13.2 Å². The molecule has 0 radical (unpaired) electrons. The van der Waals surface area contributed by atoms with Gasteiger partial charge in [0, 0.05) is 30.9 Å². The Morgan fingerprint density at radius 3 is 2.62 bits per heavy atom. The normalized spacial score (nSPS) is 17.4. The third-order valence-corrected chi connectivity index (χ3v) is 2.85. The minimum absolute atomic E-state index is 0.236. The molecule has 0 saturated carbocycles. The second-order valence-electron chi connectivity index (χ2n) is 3.99. The molecule has 0 spiro atoms. The largest absolute Gasteiger partial charge is 0.488 e. The number of H-pyrrole nitrogens is 1. The summed E-state index contributed by atoms with van der Waals surface area (Å²) < 4.78 is 5.24. The fourth-order valence-electron chi connectivity index (χ4n) is 1.96. The van der Waals surface area contributed by atoms with Crippen LogP contribution in [0.1, 0.15) is 24.5 Å². The summed E-state index contributed by atoms with van der Waals surface area (Å²) in [5.41, 5.74) is 0.705. The van der Waals surface area contributed by atoms with Gasteiger partial charge in [0.15, 0.2) is 0 Å². The topological polar surface area (TPSA) is 82.6 Å². The van der Waals surface area contributed by atoms with Gasteiger partial charge in [-0.3, -0.25) is 4.79 Å². The fraction of sp³-hybridized carbons (Fsp3) is 0.500. The molecule has 1 aromatic rings. The van der Waals surface area contributed by atoms with Crippen molar-refractivity contribution >= 4 is 12.6 Å². The SMILES string of the molecule is O=c1cc(B(O)O)cc(C2CCOCC2)[nH]1. The molecule has 2 rings (SSSR count). The Bertz CT molecular complexity index is 412. The van der Waals surface area contributed by atoms with Crippen molar-refractivity contribution in [3.63, 3.8) is 0 Å². The van der Waals surface area contributed by atoms with Crippen LogP contribution >= 0.6 is 0 Å². The van der Waals surface area contributed by atoms with Crippen LogP contribution < -0.4 is 11.0 Å². The summed E-state index contributed by atoms with van der Waals surface area (Å²) in [4.78, 5) is 14.1. The van der Waals surface area contributed by atoms with Crippen molar-refractivity contribution in [1.29, 1.82) is 0 Å². The number of pyridine rings is 1. The number of aromatic amines is 1. The maximum Gasteiger partial charge on any atom is 0.488 e. The van der Waals surface area contributed by atoms with Gasteiger partial charge in [-0.1, -0.05) is 0 Å². The molecule has 16 heavy (non-hydrogen) atoms. The van der Waals surface area contributed by atoms with Gasteiger partial charge in [-0.25, -0.2) is 0 Å². The van der Waals surface area contributed by atoms with E-state index in [0.717, 1.165) is 18.5 Å². The molecule has 1 aliphatic heterocycles. The second-order valence-corrected chi connectivity index (χ2v) is 3.99. The molecule has 1 aliphatic rings. The van der Waals surface area contributed by atoms with E-state index in [1.807, 2.05) is 0 Å². The Hall–Kier alpha value is -1.11. The maximum atomic E-state index is 11.3. The van der Waals surface area contributed by atoms with Gasteiger partial charge in [0.25, 0.3) is 0 Å². The minimum Gasteiger partial charge on any atom is -0.423 e. The number of rotatable bonds is 2. The highest BCUT2D eigenvalue weighted by Crippen LogP contribution is 2.23. The lowest BCUT2D eigenvalue weighted by Gasteiger charge is -2.22. The van der Waals surface area contributed by atoms with Crippen molar-refractivity contribution < 1.29 is 14.8 Å². The molecule has 0 atom stereocenters. The van der Waals surface area contributed by atoms with Crippen LogP contribution in [0.3, 0.4) is 0 Å². The second kappa shape index (κ2) is 4.82. The van der Waals surface area contributed by atoms with Crippen molar-refractivity contribution in [3.05, 3.63) is 28.2 Å². The van der Waals surface area contributed by atoms with E-state index in [9.17, 15) is 4.79 Å². The fourth-order valence-corrected chi connectivity index (χ4v) is 1.96. The lowest BCUT2D eigenvalue weighted by Crippen LogP contribution is -2.34. The zero-order valence-electron chi connectivity index (χ0n) is 8.85. The summed E-state index contributed by atoms with van der Waals surface area (Å²) >= 11 is 0. The van der Waals surface area contributed by atoms with Gasteiger partial charge < -0.3 is 19.8 Å². The van der Waals surface area contributed by atoms with Crippen molar-refractivity contribution in [2.45, 2.75) is 18.8 Å². The van der Waals surface area contributed by atoms with Gasteiger partial charge in [0.2, 0.25) is 5.56 Å². The number of ether oxygens (including phenoxy) is 1. The predicted molar refractivity (Wildman–Crippen MR) is 59.7 cm³/mol. The standard InChI is InChI=1S/C10H14BNO4/c13-10-6-8(11(14)15)5-9(12-10)7-1-3-16-4-2-7/h5-7,14-15H,1-4H2,(H,12,13). The van der Waals surface area contributed by atoms with E-state index in [1.54, 1.807) is 6.07 Å². The summed E-state index contributed by atoms with van der Waals surface area (Å²) in [5.74, 6) is 0.236. The van der Waals surface area contributed by atoms with Crippen LogP contribution in [-0.4, -0.2) is 35.4 Å². The quantitative estimate of drug-likeness (QED) is 0.558. The van der Waals surface area contributed by atoms with E-state index in [1.165, 1.54) is 6.07 Å². The smallest absolute Gasteiger partial charge is 0.423 e. The van der Waals surface area contributed by atoms with E-state index in [4.69, 9.17) is 14.8 Å². The van der Waals surface area contributed by atoms with Crippen LogP contribution in [0.2, 0.25) is 0 Å². The Labute approximate surface area is 93.2 Å². The summed E-state index contributed by atoms with van der Waals surface area (Å²) in [6, 6.07) is 2.84. The molecule has 0 amide bonds. The maximum absolute atomic E-state index is 11.3. The summed E-state index contributed by atoms with van der Waals surface area (Å²) in [6.07, 6.45) is 1.70. The van der Waals surface area contributed by atoms with Crippen molar-refractivity contribution in [2.75, 3.05) is 13.2 Å². The van der Waals surface area contributed by atoms with Gasteiger partial charge in [-0.2, -0.15) is 0 Å². The molecule has 86 valence electrons. The number of aromatic nitrogens is 1. The Morgan fingerprint density at radius 1 is 1.31 bits per heavy atom. The van der Waals surface area contributed by atoms with Crippen LogP contribution in [-0.2, 0) is 4.74 Å². The summed E-state index contributed by atoms with van der Waals surface area (Å²) in [5, 5.41) is 18.1. The highest BCUT2D eigenvalue weighted by molar-refractivity contribution is 6.58. The number of hydrogen-bond acceptors (Lipinski definition) is 4. The molecule has 0 bridgehead atoms. The van der Waals surface area contributed by atoms with Crippen LogP contribution in [0.5, 0.6) is 0 Å². The minimum atomic E-state index is -1.60. The van der Waals surface area contributed by atoms with Gasteiger partial charge in [0.1, 0.15) is 0 Å². The van der Waals surface area contributed by atoms with Crippen molar-refractivity contribution in [1.82, 2.24) is 4.98 Å². The zero-order valence-corrected chi connectivity index (χ0v) is 8.85. The molecule has 0 aliphatic carbocycles. The number of nitrogens with one attached hydrogen (secondary N) is 1. The Balaban J connectivity index is 2.29. The predicted octanol–water partition coefficient (Wildman–Crippen LogP) is -1.05. The van der Waals surface area contributed by atoms with Gasteiger partial charge in [0.05, 0.1) is 0 Å². The first kappa shape index (κ1) is 11.4. The lowest BCUT2D eigenvalue weighted by atomic mass is 9.79. The van der Waals surface area contributed by atoms with Crippen molar-refractivity contribution in [3.8, 4) is 0 Å². The van der Waals surface area contributed by atoms with E-state index in [-0.39, 0.29) is 16.9 Å². The van der Waals surface area contributed by atoms with Gasteiger partial charge in [-0.05, 0) is 24.4 Å². The summed E-state index contributed by atoms with van der Waals surface area (Å²) in [6.45, 7) is 1.36. The highest BCUT2D eigenvalue weighted by atomic mass is 16.5. The highest BCUT2D eigenvalue weighted by Gasteiger charge is 2.19. The molecule has 5 nitrogen and oxygen atoms in total. The average Bonchev–Trinajstić information content (AvgIpc) is 2.29. The van der Waals surface area contributed by atoms with Crippen LogP contribution in [0.25, 0.3) is 0 Å². The zero-order chi connectivity index (χ0) is 11.5. The van der Waals surface area contributed by atoms with E-state index < -0.39 is 7.12 Å². The van der Waals surface area contributed by atoms with Gasteiger partial charge >= 0.3 is 7.12 Å².